The molecular weight excluding hydrogens is 196 g/mol. The van der Waals surface area contributed by atoms with Gasteiger partial charge in [-0.05, 0) is 44.4 Å². The molecule has 98 valence electrons. The molecule has 0 rings (SSSR count). The summed E-state index contributed by atoms with van der Waals surface area (Å²) >= 11 is 0. The number of hydrogen-bond donors (Lipinski definition) is 1. The second-order valence-corrected chi connectivity index (χ2v) is 5.69. The fraction of sp³-hybridized carbons (Fsp3) is 1.00. The first-order chi connectivity index (χ1) is 7.45. The van der Waals surface area contributed by atoms with Crippen LogP contribution in [0.3, 0.4) is 0 Å². The van der Waals surface area contributed by atoms with Crippen molar-refractivity contribution >= 4 is 0 Å². The van der Waals surface area contributed by atoms with Gasteiger partial charge in [0.05, 0.1) is 0 Å². The van der Waals surface area contributed by atoms with Gasteiger partial charge in [-0.25, -0.2) is 0 Å². The predicted octanol–water partition coefficient (Wildman–Crippen LogP) is 3.13. The largest absolute Gasteiger partial charge is 0.313 e. The van der Waals surface area contributed by atoms with Crippen LogP contribution in [0.2, 0.25) is 0 Å². The molecule has 0 saturated carbocycles. The van der Waals surface area contributed by atoms with Gasteiger partial charge < -0.3 is 10.2 Å². The molecule has 0 aliphatic rings. The van der Waals surface area contributed by atoms with Gasteiger partial charge in [0.1, 0.15) is 0 Å². The van der Waals surface area contributed by atoms with E-state index in [2.05, 4.69) is 51.8 Å². The third kappa shape index (κ3) is 6.49. The predicted molar refractivity (Wildman–Crippen MR) is 73.9 cm³/mol. The molecule has 0 spiro atoms. The Bertz CT molecular complexity index is 157. The molecule has 16 heavy (non-hydrogen) atoms. The topological polar surface area (TPSA) is 15.3 Å². The summed E-state index contributed by atoms with van der Waals surface area (Å²) in [6.07, 6.45) is 2.48. The van der Waals surface area contributed by atoms with Crippen LogP contribution in [-0.4, -0.2) is 37.1 Å². The molecule has 0 saturated heterocycles. The lowest BCUT2D eigenvalue weighted by Gasteiger charge is -2.33. The van der Waals surface area contributed by atoms with E-state index in [-0.39, 0.29) is 0 Å². The molecular formula is C14H32N2. The molecule has 0 heterocycles. The number of nitrogens with one attached hydrogen (secondary N) is 1. The lowest BCUT2D eigenvalue weighted by molar-refractivity contribution is 0.213. The van der Waals surface area contributed by atoms with E-state index in [0.717, 1.165) is 6.54 Å². The number of hydrogen-bond acceptors (Lipinski definition) is 2. The summed E-state index contributed by atoms with van der Waals surface area (Å²) in [5.74, 6) is 0. The Morgan fingerprint density at radius 2 is 1.62 bits per heavy atom. The molecule has 0 radical (unpaired) electrons. The molecule has 0 aromatic carbocycles. The molecule has 1 N–H and O–H groups in total. The van der Waals surface area contributed by atoms with Crippen LogP contribution in [0.5, 0.6) is 0 Å². The molecule has 0 bridgehead atoms. The number of rotatable bonds is 8. The van der Waals surface area contributed by atoms with Gasteiger partial charge in [0.25, 0.3) is 0 Å². The highest BCUT2D eigenvalue weighted by Gasteiger charge is 2.23. The fourth-order valence-electron chi connectivity index (χ4n) is 2.01. The molecule has 2 nitrogen and oxygen atoms in total. The highest BCUT2D eigenvalue weighted by atomic mass is 15.1. The lowest BCUT2D eigenvalue weighted by atomic mass is 9.84. The van der Waals surface area contributed by atoms with Crippen LogP contribution in [0, 0.1) is 5.41 Å². The van der Waals surface area contributed by atoms with E-state index in [4.69, 9.17) is 0 Å². The molecule has 0 fully saturated rings. The standard InChI is InChI=1S/C14H32N2/c1-7-11-15-13(14(4,5)6)10-12-16(8-2)9-3/h13,15H,7-12H2,1-6H3. The Kier molecular flexibility index (Phi) is 8.04. The first-order valence-electron chi connectivity index (χ1n) is 6.91. The highest BCUT2D eigenvalue weighted by molar-refractivity contribution is 4.81. The maximum Gasteiger partial charge on any atom is 0.0128 e. The summed E-state index contributed by atoms with van der Waals surface area (Å²) in [6.45, 7) is 18.4. The molecule has 0 aromatic rings. The second-order valence-electron chi connectivity index (χ2n) is 5.69. The van der Waals surface area contributed by atoms with Gasteiger partial charge in [-0.15, -0.1) is 0 Å². The van der Waals surface area contributed by atoms with Crippen molar-refractivity contribution in [1.29, 1.82) is 0 Å². The summed E-state index contributed by atoms with van der Waals surface area (Å²) in [4.78, 5) is 2.51. The van der Waals surface area contributed by atoms with Crippen molar-refractivity contribution < 1.29 is 0 Å². The number of nitrogens with zero attached hydrogens (tertiary/aromatic N) is 1. The van der Waals surface area contributed by atoms with E-state index in [1.807, 2.05) is 0 Å². The van der Waals surface area contributed by atoms with Crippen LogP contribution >= 0.6 is 0 Å². The zero-order valence-electron chi connectivity index (χ0n) is 12.3. The first-order valence-corrected chi connectivity index (χ1v) is 6.91. The SMILES string of the molecule is CCCNC(CCN(CC)CC)C(C)(C)C. The van der Waals surface area contributed by atoms with Crippen LogP contribution < -0.4 is 5.32 Å². The van der Waals surface area contributed by atoms with Gasteiger partial charge in [0, 0.05) is 6.04 Å². The van der Waals surface area contributed by atoms with Crippen molar-refractivity contribution in [2.75, 3.05) is 26.2 Å². The van der Waals surface area contributed by atoms with E-state index in [1.165, 1.54) is 32.5 Å². The quantitative estimate of drug-likeness (QED) is 0.686. The summed E-state index contributed by atoms with van der Waals surface area (Å²) < 4.78 is 0. The van der Waals surface area contributed by atoms with Crippen molar-refractivity contribution in [3.63, 3.8) is 0 Å². The Morgan fingerprint density at radius 1 is 1.06 bits per heavy atom. The molecule has 1 atom stereocenters. The third-order valence-electron chi connectivity index (χ3n) is 3.31. The van der Waals surface area contributed by atoms with Crippen molar-refractivity contribution in [3.8, 4) is 0 Å². The smallest absolute Gasteiger partial charge is 0.0128 e. The van der Waals surface area contributed by atoms with Gasteiger partial charge in [0.15, 0.2) is 0 Å². The van der Waals surface area contributed by atoms with E-state index in [0.29, 0.717) is 11.5 Å². The average Bonchev–Trinajstić information content (AvgIpc) is 2.21. The Hall–Kier alpha value is -0.0800. The lowest BCUT2D eigenvalue weighted by Crippen LogP contribution is -2.43. The molecule has 0 amide bonds. The minimum Gasteiger partial charge on any atom is -0.313 e. The minimum atomic E-state index is 0.363. The van der Waals surface area contributed by atoms with E-state index >= 15 is 0 Å². The monoisotopic (exact) mass is 228 g/mol. The maximum absolute atomic E-state index is 3.69. The maximum atomic E-state index is 3.69. The average molecular weight is 228 g/mol. The van der Waals surface area contributed by atoms with Crippen LogP contribution in [-0.2, 0) is 0 Å². The zero-order valence-corrected chi connectivity index (χ0v) is 12.3. The summed E-state index contributed by atoms with van der Waals surface area (Å²) in [5, 5.41) is 3.69. The fourth-order valence-corrected chi connectivity index (χ4v) is 2.01. The van der Waals surface area contributed by atoms with Crippen molar-refractivity contribution in [3.05, 3.63) is 0 Å². The molecule has 0 aliphatic carbocycles. The van der Waals surface area contributed by atoms with Gasteiger partial charge in [-0.3, -0.25) is 0 Å². The molecule has 0 aliphatic heterocycles. The van der Waals surface area contributed by atoms with Gasteiger partial charge in [-0.1, -0.05) is 41.5 Å². The summed E-state index contributed by atoms with van der Waals surface area (Å²) in [7, 11) is 0. The van der Waals surface area contributed by atoms with Crippen molar-refractivity contribution in [1.82, 2.24) is 10.2 Å². The van der Waals surface area contributed by atoms with Gasteiger partial charge in [0.2, 0.25) is 0 Å². The van der Waals surface area contributed by atoms with Crippen LogP contribution in [0.25, 0.3) is 0 Å². The third-order valence-corrected chi connectivity index (χ3v) is 3.31. The highest BCUT2D eigenvalue weighted by Crippen LogP contribution is 2.22. The first kappa shape index (κ1) is 15.9. The van der Waals surface area contributed by atoms with Gasteiger partial charge >= 0.3 is 0 Å². The van der Waals surface area contributed by atoms with E-state index in [1.54, 1.807) is 0 Å². The summed E-state index contributed by atoms with van der Waals surface area (Å²) in [5.41, 5.74) is 0.363. The zero-order chi connectivity index (χ0) is 12.6. The van der Waals surface area contributed by atoms with Gasteiger partial charge in [-0.2, -0.15) is 0 Å². The molecule has 1 unspecified atom stereocenters. The second kappa shape index (κ2) is 8.08. The van der Waals surface area contributed by atoms with E-state index in [9.17, 15) is 0 Å². The summed E-state index contributed by atoms with van der Waals surface area (Å²) in [6, 6.07) is 0.632. The van der Waals surface area contributed by atoms with Crippen molar-refractivity contribution in [2.45, 2.75) is 60.4 Å². The Labute approximate surface area is 103 Å². The normalized spacial score (nSPS) is 14.4. The van der Waals surface area contributed by atoms with Crippen LogP contribution in [0.4, 0.5) is 0 Å². The van der Waals surface area contributed by atoms with Crippen molar-refractivity contribution in [2.24, 2.45) is 5.41 Å². The Balaban J connectivity index is 4.10. The molecule has 2 heteroatoms. The minimum absolute atomic E-state index is 0.363. The van der Waals surface area contributed by atoms with Crippen LogP contribution in [0.15, 0.2) is 0 Å². The van der Waals surface area contributed by atoms with E-state index < -0.39 is 0 Å². The molecule has 0 aromatic heterocycles. The Morgan fingerprint density at radius 3 is 2.00 bits per heavy atom. The van der Waals surface area contributed by atoms with Crippen LogP contribution in [0.1, 0.15) is 54.4 Å².